The maximum atomic E-state index is 11.6. The van der Waals surface area contributed by atoms with E-state index in [4.69, 9.17) is 14.2 Å². The molecule has 4 aliphatic rings. The third-order valence-electron chi connectivity index (χ3n) is 7.06. The standard InChI is InChI=1S/C15H18O2.C8H8N2O3.C7H8O3/c1-11(2)15(16)17-14-10-6-4-8-12-7-3-5-9-13(12)14;1-5(2)8(12)13-7-3-6(11)9-4-10-7;8-7-4-1-3-2-5(10-7)6(4)9-3/h3,5,7,9,14H,1,4,6,8,10H2,2H3;3-4H,1H2,2H3,(H,9,10,11);3-6H,1-2H2. The van der Waals surface area contributed by atoms with Crippen molar-refractivity contribution in [1.82, 2.24) is 9.97 Å². The van der Waals surface area contributed by atoms with Gasteiger partial charge in [0.1, 0.15) is 18.3 Å². The summed E-state index contributed by atoms with van der Waals surface area (Å²) in [6.45, 7) is 10.2. The van der Waals surface area contributed by atoms with Crippen LogP contribution in [0.3, 0.4) is 0 Å². The second-order valence-corrected chi connectivity index (χ2v) is 10.3. The van der Waals surface area contributed by atoms with Gasteiger partial charge in [-0.3, -0.25) is 9.59 Å². The molecule has 3 aliphatic heterocycles. The normalized spacial score (nSPS) is 25.1. The Kier molecular flexibility index (Phi) is 9.31. The molecule has 1 aliphatic carbocycles. The van der Waals surface area contributed by atoms with E-state index in [1.807, 2.05) is 12.1 Å². The number of rotatable bonds is 4. The van der Waals surface area contributed by atoms with Crippen LogP contribution in [0.25, 0.3) is 0 Å². The molecule has 1 N–H and O–H groups in total. The minimum absolute atomic E-state index is 0.0308. The summed E-state index contributed by atoms with van der Waals surface area (Å²) < 4.78 is 20.8. The molecule has 2 aromatic rings. The highest BCUT2D eigenvalue weighted by Crippen LogP contribution is 2.45. The summed E-state index contributed by atoms with van der Waals surface area (Å²) >= 11 is 0. The highest BCUT2D eigenvalue weighted by atomic mass is 16.6. The molecule has 3 fully saturated rings. The molecule has 0 amide bonds. The van der Waals surface area contributed by atoms with Crippen LogP contribution in [0.15, 0.2) is 65.8 Å². The van der Waals surface area contributed by atoms with Gasteiger partial charge in [0.25, 0.3) is 5.56 Å². The maximum absolute atomic E-state index is 11.6. The number of ether oxygens (including phenoxy) is 4. The minimum atomic E-state index is -0.599. The SMILES string of the molecule is C=C(C)C(=O)OC1CCCCc2ccccc21.C=C(C)C(=O)Oc1cc(=O)[nH]cn1.O=C1OC2CC3CC1C2O3. The van der Waals surface area contributed by atoms with E-state index >= 15 is 0 Å². The zero-order valence-corrected chi connectivity index (χ0v) is 22.7. The minimum Gasteiger partial charge on any atom is -0.459 e. The fraction of sp³-hybridized carbons (Fsp3) is 0.433. The number of nitrogens with one attached hydrogen (secondary N) is 1. The molecule has 40 heavy (non-hydrogen) atoms. The van der Waals surface area contributed by atoms with Gasteiger partial charge in [-0.05, 0) is 57.1 Å². The predicted octanol–water partition coefficient (Wildman–Crippen LogP) is 3.91. The number of aryl methyl sites for hydroxylation is 1. The average Bonchev–Trinajstić information content (AvgIpc) is 3.50. The second-order valence-electron chi connectivity index (χ2n) is 10.3. The first kappa shape index (κ1) is 28.9. The van der Waals surface area contributed by atoms with Gasteiger partial charge < -0.3 is 23.9 Å². The molecule has 5 unspecified atom stereocenters. The van der Waals surface area contributed by atoms with Crippen molar-refractivity contribution < 1.29 is 33.3 Å². The Hall–Kier alpha value is -4.05. The van der Waals surface area contributed by atoms with Crippen molar-refractivity contribution in [2.24, 2.45) is 5.92 Å². The van der Waals surface area contributed by atoms with E-state index in [9.17, 15) is 19.2 Å². The summed E-state index contributed by atoms with van der Waals surface area (Å²) in [5.41, 5.74) is 2.82. The van der Waals surface area contributed by atoms with Gasteiger partial charge in [-0.15, -0.1) is 0 Å². The lowest BCUT2D eigenvalue weighted by Gasteiger charge is -2.18. The number of hydrogen-bond donors (Lipinski definition) is 1. The number of benzene rings is 1. The summed E-state index contributed by atoms with van der Waals surface area (Å²) in [4.78, 5) is 50.2. The van der Waals surface area contributed by atoms with Crippen LogP contribution < -0.4 is 10.3 Å². The molecule has 0 radical (unpaired) electrons. The molecule has 10 nitrogen and oxygen atoms in total. The molecule has 6 rings (SSSR count). The van der Waals surface area contributed by atoms with E-state index in [1.165, 1.54) is 18.1 Å². The fourth-order valence-electron chi connectivity index (χ4n) is 5.08. The van der Waals surface area contributed by atoms with E-state index in [1.54, 1.807) is 6.92 Å². The molecular weight excluding hydrogens is 516 g/mol. The molecule has 0 saturated carbocycles. The van der Waals surface area contributed by atoms with Gasteiger partial charge in [-0.1, -0.05) is 37.4 Å². The molecule has 1 aromatic heterocycles. The van der Waals surface area contributed by atoms with Crippen LogP contribution in [0.1, 0.15) is 63.2 Å². The number of hydrogen-bond acceptors (Lipinski definition) is 9. The molecule has 5 atom stereocenters. The molecule has 1 aromatic carbocycles. The lowest BCUT2D eigenvalue weighted by Crippen LogP contribution is -2.22. The number of fused-ring (bicyclic) bond motifs is 2. The summed E-state index contributed by atoms with van der Waals surface area (Å²) in [6.07, 6.45) is 7.71. The number of carbonyl (C=O) groups excluding carboxylic acids is 3. The van der Waals surface area contributed by atoms with Crippen LogP contribution in [-0.4, -0.2) is 46.2 Å². The van der Waals surface area contributed by atoms with Gasteiger partial charge in [-0.2, -0.15) is 0 Å². The lowest BCUT2D eigenvalue weighted by atomic mass is 9.90. The van der Waals surface area contributed by atoms with Gasteiger partial charge in [0.2, 0.25) is 5.88 Å². The van der Waals surface area contributed by atoms with Gasteiger partial charge in [-0.25, -0.2) is 14.6 Å². The van der Waals surface area contributed by atoms with Gasteiger partial charge >= 0.3 is 17.9 Å². The fourth-order valence-corrected chi connectivity index (χ4v) is 5.08. The molecule has 0 spiro atoms. The Morgan fingerprint density at radius 2 is 1.80 bits per heavy atom. The molecule has 4 heterocycles. The third kappa shape index (κ3) is 7.12. The molecule has 3 saturated heterocycles. The number of H-pyrrole nitrogens is 1. The van der Waals surface area contributed by atoms with Crippen LogP contribution in [0.4, 0.5) is 0 Å². The first-order chi connectivity index (χ1) is 19.1. The zero-order valence-electron chi connectivity index (χ0n) is 22.7. The Labute approximate surface area is 232 Å². The third-order valence-corrected chi connectivity index (χ3v) is 7.06. The van der Waals surface area contributed by atoms with Crippen LogP contribution >= 0.6 is 0 Å². The summed E-state index contributed by atoms with van der Waals surface area (Å²) in [7, 11) is 0. The summed E-state index contributed by atoms with van der Waals surface area (Å²) in [5.74, 6) is -0.861. The van der Waals surface area contributed by atoms with Crippen molar-refractivity contribution in [3.05, 3.63) is 82.4 Å². The first-order valence-electron chi connectivity index (χ1n) is 13.3. The van der Waals surface area contributed by atoms with Crippen molar-refractivity contribution >= 4 is 17.9 Å². The van der Waals surface area contributed by atoms with E-state index in [2.05, 4.69) is 40.0 Å². The van der Waals surface area contributed by atoms with E-state index in [-0.39, 0.29) is 53.2 Å². The van der Waals surface area contributed by atoms with E-state index in [0.29, 0.717) is 11.7 Å². The largest absolute Gasteiger partial charge is 0.459 e. The zero-order chi connectivity index (χ0) is 28.8. The van der Waals surface area contributed by atoms with Crippen molar-refractivity contribution in [2.45, 2.75) is 76.8 Å². The van der Waals surface area contributed by atoms with Crippen LogP contribution in [-0.2, 0) is 35.0 Å². The Morgan fingerprint density at radius 1 is 1.05 bits per heavy atom. The number of aromatic amines is 1. The second kappa shape index (κ2) is 12.9. The summed E-state index contributed by atoms with van der Waals surface area (Å²) in [5, 5.41) is 0. The Bertz CT molecular complexity index is 1350. The predicted molar refractivity (Wildman–Crippen MR) is 144 cm³/mol. The van der Waals surface area contributed by atoms with Gasteiger partial charge in [0.05, 0.1) is 24.4 Å². The average molecular weight is 551 g/mol. The van der Waals surface area contributed by atoms with Crippen molar-refractivity contribution in [3.8, 4) is 5.88 Å². The first-order valence-corrected chi connectivity index (χ1v) is 13.3. The number of aromatic nitrogens is 2. The highest BCUT2D eigenvalue weighted by Gasteiger charge is 2.58. The van der Waals surface area contributed by atoms with E-state index < -0.39 is 5.97 Å². The molecule has 10 heteroatoms. The van der Waals surface area contributed by atoms with Crippen LogP contribution in [0, 0.1) is 5.92 Å². The van der Waals surface area contributed by atoms with Gasteiger partial charge in [0, 0.05) is 17.6 Å². The topological polar surface area (TPSA) is 134 Å². The quantitative estimate of drug-likeness (QED) is 0.342. The van der Waals surface area contributed by atoms with Crippen LogP contribution in [0.5, 0.6) is 5.88 Å². The van der Waals surface area contributed by atoms with Gasteiger partial charge in [0.15, 0.2) is 0 Å². The van der Waals surface area contributed by atoms with Crippen LogP contribution in [0.2, 0.25) is 0 Å². The maximum Gasteiger partial charge on any atom is 0.339 e. The van der Waals surface area contributed by atoms with Crippen molar-refractivity contribution in [2.75, 3.05) is 0 Å². The molecule has 212 valence electrons. The Balaban J connectivity index is 0.000000143. The number of nitrogens with zero attached hydrogens (tertiary/aromatic N) is 1. The van der Waals surface area contributed by atoms with Crippen molar-refractivity contribution in [1.29, 1.82) is 0 Å². The number of esters is 3. The lowest BCUT2D eigenvalue weighted by molar-refractivity contribution is -0.145. The van der Waals surface area contributed by atoms with Crippen molar-refractivity contribution in [3.63, 3.8) is 0 Å². The number of carbonyl (C=O) groups is 3. The van der Waals surface area contributed by atoms with E-state index in [0.717, 1.165) is 50.9 Å². The summed E-state index contributed by atoms with van der Waals surface area (Å²) in [6, 6.07) is 9.33. The smallest absolute Gasteiger partial charge is 0.339 e. The molecular formula is C30H34N2O8. The Morgan fingerprint density at radius 3 is 2.45 bits per heavy atom. The molecule has 2 bridgehead atoms. The highest BCUT2D eigenvalue weighted by molar-refractivity contribution is 5.88. The monoisotopic (exact) mass is 550 g/mol.